The van der Waals surface area contributed by atoms with Crippen LogP contribution in [0.4, 0.5) is 10.5 Å². The van der Waals surface area contributed by atoms with Gasteiger partial charge in [0.15, 0.2) is 10.3 Å². The fourth-order valence-corrected chi connectivity index (χ4v) is 4.22. The number of urea groups is 1. The summed E-state index contributed by atoms with van der Waals surface area (Å²) in [6, 6.07) is 2.41. The number of imidazole rings is 1. The van der Waals surface area contributed by atoms with Crippen LogP contribution < -0.4 is 40.6 Å². The smallest absolute Gasteiger partial charge is 0.731 e. The van der Waals surface area contributed by atoms with E-state index in [1.54, 1.807) is 18.2 Å². The fraction of sp³-hybridized carbons (Fsp3) is 0.308. The first kappa shape index (κ1) is 18.9. The third-order valence-corrected chi connectivity index (χ3v) is 5.34. The van der Waals surface area contributed by atoms with Crippen molar-refractivity contribution in [2.75, 3.05) is 11.9 Å². The molecule has 0 radical (unpaired) electrons. The van der Waals surface area contributed by atoms with E-state index in [4.69, 9.17) is 0 Å². The molecular weight excluding hydrogens is 377 g/mol. The van der Waals surface area contributed by atoms with Gasteiger partial charge in [-0.15, -0.1) is 0 Å². The quantitative estimate of drug-likeness (QED) is 0.271. The summed E-state index contributed by atoms with van der Waals surface area (Å²) in [6.07, 6.45) is 0.218. The number of aromatic amines is 2. The molecule has 0 bridgehead atoms. The van der Waals surface area contributed by atoms with Crippen LogP contribution in [0.1, 0.15) is 6.42 Å². The summed E-state index contributed by atoms with van der Waals surface area (Å²) in [7, 11) is -4.86. The summed E-state index contributed by atoms with van der Waals surface area (Å²) in [5, 5.41) is 2.60. The van der Waals surface area contributed by atoms with Gasteiger partial charge >= 0.3 is 41.3 Å². The second-order valence-electron chi connectivity index (χ2n) is 5.86. The number of anilines is 1. The molecule has 0 spiro atoms. The maximum absolute atomic E-state index is 12.4. The summed E-state index contributed by atoms with van der Waals surface area (Å²) in [5.74, 6) is -0.891. The fourth-order valence-electron chi connectivity index (χ4n) is 3.34. The van der Waals surface area contributed by atoms with Crippen molar-refractivity contribution in [1.29, 1.82) is 0 Å². The van der Waals surface area contributed by atoms with Crippen molar-refractivity contribution in [1.82, 2.24) is 19.2 Å². The number of β-lactam (4-membered cyclic amide) rings is 1. The number of rotatable bonds is 2. The van der Waals surface area contributed by atoms with Crippen molar-refractivity contribution in [3.05, 3.63) is 28.7 Å². The maximum atomic E-state index is 12.4. The Labute approximate surface area is 168 Å². The number of fused-ring (bicyclic) bond motifs is 2. The van der Waals surface area contributed by atoms with Crippen molar-refractivity contribution in [3.8, 4) is 0 Å². The monoisotopic (exact) mass is 389 g/mol. The van der Waals surface area contributed by atoms with Crippen molar-refractivity contribution >= 4 is 39.0 Å². The van der Waals surface area contributed by atoms with Gasteiger partial charge in [0.05, 0.1) is 17.1 Å². The van der Waals surface area contributed by atoms with E-state index in [-0.39, 0.29) is 48.2 Å². The van der Waals surface area contributed by atoms with E-state index < -0.39 is 34.3 Å². The molecule has 4 rings (SSSR count). The minimum Gasteiger partial charge on any atom is -0.731 e. The minimum absolute atomic E-state index is 0. The molecular formula is C13H12N5NaO6S. The number of nitrogens with zero attached hydrogens (tertiary/aromatic N) is 2. The molecule has 1 aromatic heterocycles. The van der Waals surface area contributed by atoms with Gasteiger partial charge in [0.1, 0.15) is 6.04 Å². The molecule has 3 amide bonds. The van der Waals surface area contributed by atoms with Crippen LogP contribution in [-0.2, 0) is 15.1 Å². The molecule has 2 saturated heterocycles. The number of hydrogen-bond acceptors (Lipinski definition) is 6. The Hall–Kier alpha value is -1.86. The van der Waals surface area contributed by atoms with Gasteiger partial charge < -0.3 is 24.7 Å². The van der Waals surface area contributed by atoms with Crippen molar-refractivity contribution in [3.63, 3.8) is 0 Å². The molecule has 2 aromatic rings. The Morgan fingerprint density at radius 1 is 1.23 bits per heavy atom. The number of benzene rings is 1. The van der Waals surface area contributed by atoms with Crippen LogP contribution in [0, 0.1) is 0 Å². The Kier molecular flexibility index (Phi) is 4.65. The summed E-state index contributed by atoms with van der Waals surface area (Å²) in [5.41, 5.74) is 1.11. The standard InChI is InChI=1S/C13H13N5O6S.Na/c19-11-10-9(18(11)25(22,23)24)3-4-17(10)13(21)14-6-1-2-7-8(5-6)16-12(20)15-7;/h1-2,5,9-10H,3-4H2,(H,14,21)(H2,15,16,20)(H,22,23,24);/q;+1/p-1. The minimum atomic E-state index is -4.86. The molecule has 0 aliphatic carbocycles. The first-order valence-corrected chi connectivity index (χ1v) is 8.71. The second-order valence-corrected chi connectivity index (χ2v) is 7.10. The van der Waals surface area contributed by atoms with Crippen LogP contribution in [0.15, 0.2) is 23.0 Å². The van der Waals surface area contributed by atoms with E-state index in [1.807, 2.05) is 0 Å². The van der Waals surface area contributed by atoms with E-state index in [1.165, 1.54) is 4.90 Å². The first-order chi connectivity index (χ1) is 11.8. The molecule has 13 heteroatoms. The molecule has 2 unspecified atom stereocenters. The van der Waals surface area contributed by atoms with Gasteiger partial charge in [0.2, 0.25) is 0 Å². The SMILES string of the molecule is O=C(Nc1ccc2[nH]c(=O)[nH]c2c1)N1CCC2C1C(=O)N2S(=O)(=O)[O-].[Na+]. The van der Waals surface area contributed by atoms with Crippen LogP contribution in [-0.4, -0.2) is 62.7 Å². The van der Waals surface area contributed by atoms with E-state index >= 15 is 0 Å². The Bertz CT molecular complexity index is 1060. The van der Waals surface area contributed by atoms with Crippen molar-refractivity contribution in [2.24, 2.45) is 0 Å². The van der Waals surface area contributed by atoms with Crippen molar-refractivity contribution in [2.45, 2.75) is 18.5 Å². The van der Waals surface area contributed by atoms with E-state index in [2.05, 4.69) is 15.3 Å². The third-order valence-electron chi connectivity index (χ3n) is 4.41. The molecule has 1 aromatic carbocycles. The number of aromatic nitrogens is 2. The molecule has 11 nitrogen and oxygen atoms in total. The number of nitrogens with one attached hydrogen (secondary N) is 3. The largest absolute Gasteiger partial charge is 1.00 e. The van der Waals surface area contributed by atoms with Crippen LogP contribution in [0.5, 0.6) is 0 Å². The summed E-state index contributed by atoms with van der Waals surface area (Å²) < 4.78 is 33.5. The summed E-state index contributed by atoms with van der Waals surface area (Å²) >= 11 is 0. The van der Waals surface area contributed by atoms with Gasteiger partial charge in [-0.2, -0.15) is 0 Å². The van der Waals surface area contributed by atoms with Gasteiger partial charge in [-0.3, -0.25) is 4.79 Å². The van der Waals surface area contributed by atoms with Crippen LogP contribution in [0.2, 0.25) is 0 Å². The topological polar surface area (TPSA) is 158 Å². The maximum Gasteiger partial charge on any atom is 1.00 e. The zero-order valence-corrected chi connectivity index (χ0v) is 16.4. The van der Waals surface area contributed by atoms with Crippen LogP contribution in [0.25, 0.3) is 11.0 Å². The van der Waals surface area contributed by atoms with Crippen LogP contribution in [0.3, 0.4) is 0 Å². The predicted molar refractivity (Wildman–Crippen MR) is 83.4 cm³/mol. The Morgan fingerprint density at radius 3 is 2.62 bits per heavy atom. The Balaban J connectivity index is 0.00000196. The van der Waals surface area contributed by atoms with Gasteiger partial charge in [0, 0.05) is 12.2 Å². The molecule has 26 heavy (non-hydrogen) atoms. The summed E-state index contributed by atoms with van der Waals surface area (Å²) in [6.45, 7) is 0.155. The van der Waals surface area contributed by atoms with E-state index in [0.717, 1.165) is 0 Å². The third kappa shape index (κ3) is 2.93. The zero-order valence-electron chi connectivity index (χ0n) is 13.6. The summed E-state index contributed by atoms with van der Waals surface area (Å²) in [4.78, 5) is 41.9. The molecule has 2 fully saturated rings. The molecule has 3 N–H and O–H groups in total. The van der Waals surface area contributed by atoms with Gasteiger partial charge in [0.25, 0.3) is 5.91 Å². The van der Waals surface area contributed by atoms with Crippen molar-refractivity contribution < 1.29 is 52.1 Å². The predicted octanol–water partition coefficient (Wildman–Crippen LogP) is -3.86. The normalized spacial score (nSPS) is 22.0. The van der Waals surface area contributed by atoms with E-state index in [0.29, 0.717) is 21.0 Å². The number of likely N-dealkylation sites (tertiary alicyclic amines) is 1. The molecule has 3 heterocycles. The van der Waals surface area contributed by atoms with E-state index in [9.17, 15) is 27.4 Å². The van der Waals surface area contributed by atoms with Crippen LogP contribution >= 0.6 is 0 Å². The average Bonchev–Trinajstić information content (AvgIpc) is 3.04. The molecule has 0 saturated carbocycles. The second kappa shape index (κ2) is 6.39. The Morgan fingerprint density at radius 2 is 1.92 bits per heavy atom. The average molecular weight is 389 g/mol. The zero-order chi connectivity index (χ0) is 17.9. The number of amides is 3. The number of carbonyl (C=O) groups excluding carboxylic acids is 2. The molecule has 2 aliphatic rings. The van der Waals surface area contributed by atoms with Gasteiger partial charge in [-0.1, -0.05) is 0 Å². The molecule has 132 valence electrons. The first-order valence-electron chi connectivity index (χ1n) is 7.34. The number of H-pyrrole nitrogens is 2. The van der Waals surface area contributed by atoms with Gasteiger partial charge in [-0.25, -0.2) is 22.3 Å². The number of carbonyl (C=O) groups is 2. The number of hydrogen-bond donors (Lipinski definition) is 3. The van der Waals surface area contributed by atoms with Gasteiger partial charge in [-0.05, 0) is 24.6 Å². The molecule has 2 aliphatic heterocycles. The molecule has 2 atom stereocenters.